The second-order valence-corrected chi connectivity index (χ2v) is 3.52. The highest BCUT2D eigenvalue weighted by molar-refractivity contribution is 7.80. The predicted molar refractivity (Wildman–Crippen MR) is 63.4 cm³/mol. The van der Waals surface area contributed by atoms with Crippen molar-refractivity contribution in [3.05, 3.63) is 29.8 Å². The van der Waals surface area contributed by atoms with Crippen LogP contribution in [0.5, 0.6) is 5.75 Å². The van der Waals surface area contributed by atoms with Gasteiger partial charge in [-0.15, -0.1) is 0 Å². The van der Waals surface area contributed by atoms with Crippen LogP contribution in [0.2, 0.25) is 0 Å². The number of ether oxygens (including phenoxy) is 1. The van der Waals surface area contributed by atoms with E-state index in [2.05, 4.69) is 30.1 Å². The quantitative estimate of drug-likeness (QED) is 0.552. The van der Waals surface area contributed by atoms with Crippen LogP contribution in [0.1, 0.15) is 5.56 Å². The fraction of sp³-hybridized carbons (Fsp3) is 0.455. The first kappa shape index (κ1) is 11.4. The van der Waals surface area contributed by atoms with Crippen molar-refractivity contribution < 1.29 is 4.74 Å². The second-order valence-electron chi connectivity index (χ2n) is 3.07. The highest BCUT2D eigenvalue weighted by atomic mass is 32.1. The molecule has 0 aliphatic carbocycles. The highest BCUT2D eigenvalue weighted by Crippen LogP contribution is 2.11. The Bertz CT molecular complexity index is 248. The summed E-state index contributed by atoms with van der Waals surface area (Å²) in [5.41, 5.74) is 1.33. The molecule has 1 N–H and O–H groups in total. The summed E-state index contributed by atoms with van der Waals surface area (Å²) >= 11 is 4.13. The van der Waals surface area contributed by atoms with Gasteiger partial charge < -0.3 is 10.1 Å². The molecular formula is C11H17NOS. The molecule has 0 saturated carbocycles. The second kappa shape index (κ2) is 6.74. The molecule has 0 spiro atoms. The fourth-order valence-electron chi connectivity index (χ4n) is 1.23. The molecule has 0 aliphatic heterocycles. The van der Waals surface area contributed by atoms with Gasteiger partial charge in [0.2, 0.25) is 0 Å². The van der Waals surface area contributed by atoms with Crippen LogP contribution in [0.15, 0.2) is 24.3 Å². The normalized spacial score (nSPS) is 10.1. The maximum Gasteiger partial charge on any atom is 0.118 e. The van der Waals surface area contributed by atoms with Crippen molar-refractivity contribution in [3.8, 4) is 5.75 Å². The van der Waals surface area contributed by atoms with Crippen LogP contribution in [0, 0.1) is 0 Å². The van der Waals surface area contributed by atoms with Gasteiger partial charge in [0, 0.05) is 12.3 Å². The molecule has 0 bridgehead atoms. The number of hydrogen-bond donors (Lipinski definition) is 2. The molecule has 0 aromatic heterocycles. The van der Waals surface area contributed by atoms with Crippen molar-refractivity contribution in [2.24, 2.45) is 0 Å². The minimum absolute atomic E-state index is 0.891. The average Bonchev–Trinajstić information content (AvgIpc) is 2.25. The Morgan fingerprint density at radius 3 is 2.50 bits per heavy atom. The largest absolute Gasteiger partial charge is 0.497 e. The van der Waals surface area contributed by atoms with Crippen LogP contribution in [-0.2, 0) is 6.42 Å². The maximum atomic E-state index is 5.09. The molecule has 0 saturated heterocycles. The minimum atomic E-state index is 0.891. The van der Waals surface area contributed by atoms with E-state index in [-0.39, 0.29) is 0 Å². The molecule has 0 amide bonds. The van der Waals surface area contributed by atoms with E-state index in [9.17, 15) is 0 Å². The predicted octanol–water partition coefficient (Wildman–Crippen LogP) is 1.76. The molecule has 1 aromatic rings. The molecular weight excluding hydrogens is 194 g/mol. The Kier molecular flexibility index (Phi) is 5.49. The molecule has 0 heterocycles. The Hall–Kier alpha value is -0.670. The van der Waals surface area contributed by atoms with E-state index >= 15 is 0 Å². The minimum Gasteiger partial charge on any atom is -0.497 e. The van der Waals surface area contributed by atoms with Gasteiger partial charge in [-0.3, -0.25) is 0 Å². The third-order valence-electron chi connectivity index (χ3n) is 2.04. The van der Waals surface area contributed by atoms with Gasteiger partial charge in [0.25, 0.3) is 0 Å². The average molecular weight is 211 g/mol. The molecule has 78 valence electrons. The van der Waals surface area contributed by atoms with Crippen LogP contribution in [0.4, 0.5) is 0 Å². The van der Waals surface area contributed by atoms with E-state index in [1.54, 1.807) is 7.11 Å². The molecule has 0 radical (unpaired) electrons. The molecule has 0 fully saturated rings. The number of rotatable bonds is 6. The standard InChI is InChI=1S/C11H17NOS/c1-13-11-4-2-10(3-5-11)6-7-12-8-9-14/h2-5,12,14H,6-9H2,1H3. The van der Waals surface area contributed by atoms with Gasteiger partial charge in [-0.1, -0.05) is 12.1 Å². The summed E-state index contributed by atoms with van der Waals surface area (Å²) in [6.45, 7) is 1.98. The zero-order valence-electron chi connectivity index (χ0n) is 8.49. The molecule has 0 unspecified atom stereocenters. The first-order chi connectivity index (χ1) is 6.86. The summed E-state index contributed by atoms with van der Waals surface area (Å²) in [5, 5.41) is 3.30. The van der Waals surface area contributed by atoms with Crippen LogP contribution in [-0.4, -0.2) is 26.0 Å². The summed E-state index contributed by atoms with van der Waals surface area (Å²) in [4.78, 5) is 0. The van der Waals surface area contributed by atoms with Crippen molar-refractivity contribution in [1.29, 1.82) is 0 Å². The number of benzene rings is 1. The van der Waals surface area contributed by atoms with E-state index < -0.39 is 0 Å². The van der Waals surface area contributed by atoms with Crippen molar-refractivity contribution in [3.63, 3.8) is 0 Å². The van der Waals surface area contributed by atoms with Crippen molar-refractivity contribution in [1.82, 2.24) is 5.32 Å². The zero-order valence-corrected chi connectivity index (χ0v) is 9.39. The van der Waals surface area contributed by atoms with Gasteiger partial charge in [-0.2, -0.15) is 12.6 Å². The molecule has 3 heteroatoms. The van der Waals surface area contributed by atoms with Gasteiger partial charge in [-0.25, -0.2) is 0 Å². The molecule has 14 heavy (non-hydrogen) atoms. The Morgan fingerprint density at radius 2 is 1.93 bits per heavy atom. The van der Waals surface area contributed by atoms with E-state index in [1.807, 2.05) is 12.1 Å². The number of thiol groups is 1. The van der Waals surface area contributed by atoms with Gasteiger partial charge in [0.15, 0.2) is 0 Å². The fourth-order valence-corrected chi connectivity index (χ4v) is 1.39. The maximum absolute atomic E-state index is 5.09. The molecule has 2 nitrogen and oxygen atoms in total. The number of hydrogen-bond acceptors (Lipinski definition) is 3. The van der Waals surface area contributed by atoms with Gasteiger partial charge >= 0.3 is 0 Å². The lowest BCUT2D eigenvalue weighted by molar-refractivity contribution is 0.414. The van der Waals surface area contributed by atoms with Crippen LogP contribution in [0.3, 0.4) is 0 Å². The molecule has 0 aliphatic rings. The van der Waals surface area contributed by atoms with E-state index in [4.69, 9.17) is 4.74 Å². The first-order valence-corrected chi connectivity index (χ1v) is 5.44. The third kappa shape index (κ3) is 4.03. The monoisotopic (exact) mass is 211 g/mol. The SMILES string of the molecule is COc1ccc(CCNCCS)cc1. The zero-order chi connectivity index (χ0) is 10.2. The third-order valence-corrected chi connectivity index (χ3v) is 2.26. The van der Waals surface area contributed by atoms with Crippen LogP contribution in [0.25, 0.3) is 0 Å². The lowest BCUT2D eigenvalue weighted by Crippen LogP contribution is -2.19. The summed E-state index contributed by atoms with van der Waals surface area (Å²) in [5.74, 6) is 1.81. The Morgan fingerprint density at radius 1 is 1.21 bits per heavy atom. The van der Waals surface area contributed by atoms with E-state index in [0.717, 1.165) is 31.0 Å². The summed E-state index contributed by atoms with van der Waals surface area (Å²) in [7, 11) is 1.68. The van der Waals surface area contributed by atoms with E-state index in [0.29, 0.717) is 0 Å². The van der Waals surface area contributed by atoms with Gasteiger partial charge in [0.05, 0.1) is 7.11 Å². The molecule has 0 atom stereocenters. The van der Waals surface area contributed by atoms with Crippen LogP contribution >= 0.6 is 12.6 Å². The van der Waals surface area contributed by atoms with Gasteiger partial charge in [0.1, 0.15) is 5.75 Å². The lowest BCUT2D eigenvalue weighted by atomic mass is 10.1. The first-order valence-electron chi connectivity index (χ1n) is 4.81. The smallest absolute Gasteiger partial charge is 0.118 e. The number of methoxy groups -OCH3 is 1. The lowest BCUT2D eigenvalue weighted by Gasteiger charge is -2.04. The molecule has 1 aromatic carbocycles. The van der Waals surface area contributed by atoms with Crippen LogP contribution < -0.4 is 10.1 Å². The van der Waals surface area contributed by atoms with E-state index in [1.165, 1.54) is 5.56 Å². The summed E-state index contributed by atoms with van der Waals surface area (Å²) in [6.07, 6.45) is 1.05. The summed E-state index contributed by atoms with van der Waals surface area (Å²) in [6, 6.07) is 8.18. The van der Waals surface area contributed by atoms with Gasteiger partial charge in [-0.05, 0) is 30.7 Å². The Balaban J connectivity index is 2.29. The molecule has 1 rings (SSSR count). The Labute approximate surface area is 91.1 Å². The van der Waals surface area contributed by atoms with Crippen molar-refractivity contribution >= 4 is 12.6 Å². The number of nitrogens with one attached hydrogen (secondary N) is 1. The topological polar surface area (TPSA) is 21.3 Å². The highest BCUT2D eigenvalue weighted by Gasteiger charge is 1.93. The summed E-state index contributed by atoms with van der Waals surface area (Å²) < 4.78 is 5.09. The van der Waals surface area contributed by atoms with Crippen molar-refractivity contribution in [2.45, 2.75) is 6.42 Å². The van der Waals surface area contributed by atoms with Crippen molar-refractivity contribution in [2.75, 3.05) is 26.0 Å².